The Hall–Kier alpha value is -4.61. The van der Waals surface area contributed by atoms with Gasteiger partial charge in [-0.15, -0.1) is 11.3 Å². The average Bonchev–Trinajstić information content (AvgIpc) is 3.38. The summed E-state index contributed by atoms with van der Waals surface area (Å²) in [6.07, 6.45) is -8.83. The lowest BCUT2D eigenvalue weighted by atomic mass is 9.97. The smallest absolute Gasteiger partial charge is 0.418 e. The molecule has 0 radical (unpaired) electrons. The molecule has 1 N–H and O–H groups in total. The van der Waals surface area contributed by atoms with Crippen molar-refractivity contribution in [3.8, 4) is 22.9 Å². The van der Waals surface area contributed by atoms with Crippen LogP contribution in [-0.2, 0) is 18.9 Å². The Morgan fingerprint density at radius 3 is 2.48 bits per heavy atom. The number of benzene rings is 2. The normalized spacial score (nSPS) is 12.1. The minimum Gasteiger partial charge on any atom is -0.491 e. The maximum atomic E-state index is 14.2. The number of halogens is 7. The van der Waals surface area contributed by atoms with Crippen molar-refractivity contribution in [2.45, 2.75) is 25.8 Å². The fourth-order valence-electron chi connectivity index (χ4n) is 4.95. The molecule has 3 heterocycles. The lowest BCUT2D eigenvalue weighted by Gasteiger charge is -2.21. The zero-order valence-corrected chi connectivity index (χ0v) is 23.7. The molecule has 3 aromatic heterocycles. The SMILES string of the molecule is Cc1c(C(F)(F)F)c2cc(C(F)(F)F)cc(C#N)c2c(=O)n1CCOc1ccc(Cl)cc1-c1ccnc2c(C(=O)O)csc12. The Morgan fingerprint density at radius 1 is 1.11 bits per heavy atom. The number of pyridine rings is 2. The maximum absolute atomic E-state index is 14.2. The molecular weight excluding hydrogens is 636 g/mol. The first kappa shape index (κ1) is 30.8. The molecule has 0 fully saturated rings. The van der Waals surface area contributed by atoms with Crippen LogP contribution in [0.25, 0.3) is 32.1 Å². The number of thiophene rings is 1. The zero-order valence-electron chi connectivity index (χ0n) is 22.1. The van der Waals surface area contributed by atoms with Gasteiger partial charge in [0.1, 0.15) is 12.4 Å². The first-order chi connectivity index (χ1) is 20.6. The largest absolute Gasteiger partial charge is 0.491 e. The van der Waals surface area contributed by atoms with Crippen LogP contribution in [-0.4, -0.2) is 27.2 Å². The topological polar surface area (TPSA) is 105 Å². The van der Waals surface area contributed by atoms with E-state index in [-0.39, 0.29) is 29.5 Å². The summed E-state index contributed by atoms with van der Waals surface area (Å²) in [6.45, 7) is 0.111. The fourth-order valence-corrected chi connectivity index (χ4v) is 6.15. The van der Waals surface area contributed by atoms with Crippen molar-refractivity contribution < 1.29 is 41.0 Å². The molecule has 5 rings (SSSR count). The van der Waals surface area contributed by atoms with E-state index < -0.39 is 63.6 Å². The summed E-state index contributed by atoms with van der Waals surface area (Å²) >= 11 is 7.34. The number of fused-ring (bicyclic) bond motifs is 2. The maximum Gasteiger partial charge on any atom is 0.418 e. The van der Waals surface area contributed by atoms with E-state index in [1.54, 1.807) is 12.1 Å². The minimum absolute atomic E-state index is 0.0120. The van der Waals surface area contributed by atoms with E-state index in [2.05, 4.69) is 4.98 Å². The predicted octanol–water partition coefficient (Wildman–Crippen LogP) is 7.93. The minimum atomic E-state index is -5.17. The summed E-state index contributed by atoms with van der Waals surface area (Å²) in [6, 6.07) is 8.11. The molecule has 0 amide bonds. The Bertz CT molecular complexity index is 2080. The van der Waals surface area contributed by atoms with Crippen LogP contribution in [0.1, 0.15) is 32.7 Å². The van der Waals surface area contributed by atoms with Gasteiger partial charge >= 0.3 is 18.3 Å². The van der Waals surface area contributed by atoms with Gasteiger partial charge in [-0.3, -0.25) is 9.78 Å². The predicted molar refractivity (Wildman–Crippen MR) is 150 cm³/mol. The molecule has 7 nitrogen and oxygen atoms in total. The van der Waals surface area contributed by atoms with E-state index in [0.29, 0.717) is 31.5 Å². The quantitative estimate of drug-likeness (QED) is 0.187. The average molecular weight is 652 g/mol. The van der Waals surface area contributed by atoms with Gasteiger partial charge in [0.05, 0.1) is 50.5 Å². The Labute approximate surface area is 252 Å². The van der Waals surface area contributed by atoms with Crippen molar-refractivity contribution in [1.29, 1.82) is 5.26 Å². The zero-order chi connectivity index (χ0) is 32.1. The monoisotopic (exact) mass is 651 g/mol. The number of carboxylic acid groups (broad SMARTS) is 1. The molecule has 0 saturated heterocycles. The fraction of sp³-hybridized carbons (Fsp3) is 0.172. The molecule has 0 aliphatic carbocycles. The first-order valence-corrected chi connectivity index (χ1v) is 13.7. The van der Waals surface area contributed by atoms with Gasteiger partial charge in [0.15, 0.2) is 0 Å². The van der Waals surface area contributed by atoms with Crippen molar-refractivity contribution in [2.24, 2.45) is 0 Å². The molecule has 44 heavy (non-hydrogen) atoms. The number of carbonyl (C=O) groups is 1. The third-order valence-electron chi connectivity index (χ3n) is 6.85. The molecule has 226 valence electrons. The van der Waals surface area contributed by atoms with Gasteiger partial charge in [-0.1, -0.05) is 11.6 Å². The number of alkyl halides is 6. The van der Waals surface area contributed by atoms with Crippen LogP contribution in [0.4, 0.5) is 26.3 Å². The van der Waals surface area contributed by atoms with Gasteiger partial charge in [-0.25, -0.2) is 4.79 Å². The Balaban J connectivity index is 1.58. The summed E-state index contributed by atoms with van der Waals surface area (Å²) in [4.78, 5) is 29.1. The highest BCUT2D eigenvalue weighted by Gasteiger charge is 2.39. The number of hydrogen-bond acceptors (Lipinski definition) is 6. The van der Waals surface area contributed by atoms with Gasteiger partial charge in [0.25, 0.3) is 5.56 Å². The summed E-state index contributed by atoms with van der Waals surface area (Å²) in [5.74, 6) is -0.977. The standard InChI is InChI=1S/C29H16ClF6N3O4S/c1-13-23(29(34,35)36)19-9-15(28(31,32)33)8-14(11-37)22(19)26(40)39(13)6-7-43-21-3-2-16(30)10-18(21)17-4-5-38-24-20(27(41)42)12-44-25(17)24/h2-5,8-10,12H,6-7H2,1H3,(H,41,42). The highest BCUT2D eigenvalue weighted by molar-refractivity contribution is 7.18. The number of hydrogen-bond donors (Lipinski definition) is 1. The second-order valence-electron chi connectivity index (χ2n) is 9.45. The number of rotatable bonds is 6. The molecule has 0 atom stereocenters. The second-order valence-corrected chi connectivity index (χ2v) is 10.8. The van der Waals surface area contributed by atoms with Gasteiger partial charge in [-0.05, 0) is 43.3 Å². The van der Waals surface area contributed by atoms with Crippen molar-refractivity contribution in [3.63, 3.8) is 0 Å². The van der Waals surface area contributed by atoms with E-state index in [1.807, 2.05) is 0 Å². The van der Waals surface area contributed by atoms with Crippen molar-refractivity contribution in [1.82, 2.24) is 9.55 Å². The molecule has 0 spiro atoms. The highest BCUT2D eigenvalue weighted by Crippen LogP contribution is 2.41. The molecule has 0 aliphatic heterocycles. The second kappa shape index (κ2) is 11.1. The van der Waals surface area contributed by atoms with Crippen molar-refractivity contribution >= 4 is 49.9 Å². The van der Waals surface area contributed by atoms with Crippen LogP contribution in [0.3, 0.4) is 0 Å². The van der Waals surface area contributed by atoms with Crippen LogP contribution in [0.2, 0.25) is 5.02 Å². The first-order valence-electron chi connectivity index (χ1n) is 12.4. The van der Waals surface area contributed by atoms with Crippen molar-refractivity contribution in [2.75, 3.05) is 6.61 Å². The summed E-state index contributed by atoms with van der Waals surface area (Å²) < 4.78 is 90.1. The number of nitrogens with zero attached hydrogens (tertiary/aromatic N) is 3. The number of ether oxygens (including phenoxy) is 1. The van der Waals surface area contributed by atoms with Gasteiger partial charge in [-0.2, -0.15) is 31.6 Å². The van der Waals surface area contributed by atoms with E-state index in [9.17, 15) is 46.3 Å². The van der Waals surface area contributed by atoms with Crippen LogP contribution < -0.4 is 10.3 Å². The van der Waals surface area contributed by atoms with Crippen LogP contribution in [0.5, 0.6) is 5.75 Å². The molecule has 5 aromatic rings. The molecule has 0 unspecified atom stereocenters. The molecule has 0 bridgehead atoms. The molecule has 0 saturated carbocycles. The van der Waals surface area contributed by atoms with Crippen LogP contribution in [0, 0.1) is 18.3 Å². The third kappa shape index (κ3) is 5.44. The van der Waals surface area contributed by atoms with Crippen LogP contribution >= 0.6 is 22.9 Å². The number of aromatic nitrogens is 2. The lowest BCUT2D eigenvalue weighted by Crippen LogP contribution is -2.29. The van der Waals surface area contributed by atoms with Gasteiger partial charge in [0.2, 0.25) is 0 Å². The van der Waals surface area contributed by atoms with Gasteiger partial charge in [0, 0.05) is 38.8 Å². The van der Waals surface area contributed by atoms with Crippen molar-refractivity contribution in [3.05, 3.63) is 91.3 Å². The summed E-state index contributed by atoms with van der Waals surface area (Å²) in [5, 5.41) is 18.9. The highest BCUT2D eigenvalue weighted by atomic mass is 35.5. The van der Waals surface area contributed by atoms with E-state index in [4.69, 9.17) is 16.3 Å². The molecule has 0 aliphatic rings. The number of carboxylic acids is 1. The summed E-state index contributed by atoms with van der Waals surface area (Å²) in [5.41, 5.74) is -4.43. The Kier molecular flexibility index (Phi) is 7.81. The van der Waals surface area contributed by atoms with E-state index in [1.165, 1.54) is 29.8 Å². The summed E-state index contributed by atoms with van der Waals surface area (Å²) in [7, 11) is 0. The third-order valence-corrected chi connectivity index (χ3v) is 8.09. The molecule has 15 heteroatoms. The molecule has 2 aromatic carbocycles. The van der Waals surface area contributed by atoms with E-state index in [0.717, 1.165) is 18.3 Å². The van der Waals surface area contributed by atoms with Gasteiger partial charge < -0.3 is 14.4 Å². The lowest BCUT2D eigenvalue weighted by molar-refractivity contribution is -0.139. The van der Waals surface area contributed by atoms with E-state index >= 15 is 0 Å². The molecular formula is C29H16ClF6N3O4S. The number of aromatic carboxylic acids is 1. The Morgan fingerprint density at radius 2 is 1.84 bits per heavy atom. The van der Waals surface area contributed by atoms with Crippen LogP contribution in [0.15, 0.2) is 52.8 Å². The number of nitriles is 1.